The van der Waals surface area contributed by atoms with E-state index in [1.807, 2.05) is 19.1 Å². The number of hydrogen-bond acceptors (Lipinski definition) is 3. The second-order valence-electron chi connectivity index (χ2n) is 5.10. The van der Waals surface area contributed by atoms with Gasteiger partial charge >= 0.3 is 6.18 Å². The summed E-state index contributed by atoms with van der Waals surface area (Å²) in [6.07, 6.45) is -3.55. The van der Waals surface area contributed by atoms with Gasteiger partial charge in [-0.15, -0.1) is 0 Å². The summed E-state index contributed by atoms with van der Waals surface area (Å²) in [4.78, 5) is 11.7. The number of alkyl halides is 3. The van der Waals surface area contributed by atoms with E-state index in [0.29, 0.717) is 10.2 Å². The molecule has 8 heteroatoms. The smallest absolute Gasteiger partial charge is 0.417 e. The molecule has 0 aliphatic heterocycles. The molecule has 0 saturated heterocycles. The molecule has 0 saturated carbocycles. The topological polar surface area (TPSA) is 50.7 Å². The molecule has 2 rings (SSSR count). The van der Waals surface area contributed by atoms with E-state index in [2.05, 4.69) is 26.5 Å². The average Bonchev–Trinajstić information content (AvgIpc) is 2.53. The van der Waals surface area contributed by atoms with Gasteiger partial charge in [0.2, 0.25) is 0 Å². The molecular weight excluding hydrogens is 401 g/mol. The van der Waals surface area contributed by atoms with Crippen LogP contribution < -0.4 is 10.2 Å². The summed E-state index contributed by atoms with van der Waals surface area (Å²) in [5.74, 6) is -0.111. The van der Waals surface area contributed by atoms with Gasteiger partial charge < -0.3 is 4.74 Å². The summed E-state index contributed by atoms with van der Waals surface area (Å²) in [6, 6.07) is 10.3. The van der Waals surface area contributed by atoms with Crippen LogP contribution in [0.15, 0.2) is 52.0 Å². The number of carbonyl (C=O) groups excluding carboxylic acids is 1. The maximum absolute atomic E-state index is 12.8. The highest BCUT2D eigenvalue weighted by atomic mass is 79.9. The molecule has 132 valence electrons. The first-order valence-corrected chi connectivity index (χ1v) is 7.94. The standard InChI is InChI=1S/C17H14BrF3N2O2/c1-11-6-7-15(14(18)8-11)25-10-16(24)23-22-9-12-4-2-3-5-13(12)17(19,20)21/h2-9H,10H2,1H3,(H,23,24). The van der Waals surface area contributed by atoms with Crippen LogP contribution in [0.4, 0.5) is 13.2 Å². The lowest BCUT2D eigenvalue weighted by molar-refractivity contribution is -0.137. The summed E-state index contributed by atoms with van der Waals surface area (Å²) >= 11 is 3.31. The Morgan fingerprint density at radius 2 is 2.00 bits per heavy atom. The minimum atomic E-state index is -4.49. The number of ether oxygens (including phenoxy) is 1. The average molecular weight is 415 g/mol. The molecule has 0 heterocycles. The molecule has 0 bridgehead atoms. The molecule has 0 radical (unpaired) electrons. The molecule has 0 atom stereocenters. The van der Waals surface area contributed by atoms with Crippen LogP contribution in [0.25, 0.3) is 0 Å². The molecule has 4 nitrogen and oxygen atoms in total. The van der Waals surface area contributed by atoms with Crippen molar-refractivity contribution in [2.45, 2.75) is 13.1 Å². The Bertz CT molecular complexity index is 792. The fourth-order valence-electron chi connectivity index (χ4n) is 1.94. The van der Waals surface area contributed by atoms with Gasteiger partial charge in [-0.25, -0.2) is 5.43 Å². The van der Waals surface area contributed by atoms with Crippen LogP contribution in [0.5, 0.6) is 5.75 Å². The minimum absolute atomic E-state index is 0.141. The molecule has 2 aromatic carbocycles. The fourth-order valence-corrected chi connectivity index (χ4v) is 2.55. The largest absolute Gasteiger partial charge is 0.483 e. The van der Waals surface area contributed by atoms with Gasteiger partial charge in [-0.05, 0) is 46.6 Å². The maximum Gasteiger partial charge on any atom is 0.417 e. The van der Waals surface area contributed by atoms with Gasteiger partial charge in [0, 0.05) is 5.56 Å². The number of benzene rings is 2. The van der Waals surface area contributed by atoms with Crippen LogP contribution in [0.3, 0.4) is 0 Å². The van der Waals surface area contributed by atoms with Crippen LogP contribution in [0, 0.1) is 6.92 Å². The van der Waals surface area contributed by atoms with Crippen LogP contribution >= 0.6 is 15.9 Å². The van der Waals surface area contributed by atoms with Crippen molar-refractivity contribution in [2.24, 2.45) is 5.10 Å². The Morgan fingerprint density at radius 3 is 2.68 bits per heavy atom. The summed E-state index contributed by atoms with van der Waals surface area (Å²) in [5, 5.41) is 3.55. The highest BCUT2D eigenvalue weighted by Crippen LogP contribution is 2.31. The quantitative estimate of drug-likeness (QED) is 0.585. The number of halogens is 4. The number of nitrogens with one attached hydrogen (secondary N) is 1. The number of nitrogens with zero attached hydrogens (tertiary/aromatic N) is 1. The van der Waals surface area contributed by atoms with E-state index in [9.17, 15) is 18.0 Å². The van der Waals surface area contributed by atoms with Gasteiger partial charge in [0.05, 0.1) is 16.3 Å². The lowest BCUT2D eigenvalue weighted by atomic mass is 10.1. The first-order chi connectivity index (χ1) is 11.8. The minimum Gasteiger partial charge on any atom is -0.483 e. The van der Waals surface area contributed by atoms with Crippen LogP contribution in [-0.2, 0) is 11.0 Å². The molecule has 0 aliphatic rings. The summed E-state index contributed by atoms with van der Waals surface area (Å²) in [6.45, 7) is 1.59. The van der Waals surface area contributed by atoms with Crippen LogP contribution in [0.2, 0.25) is 0 Å². The lowest BCUT2D eigenvalue weighted by Crippen LogP contribution is -2.24. The zero-order chi connectivity index (χ0) is 18.4. The molecule has 0 unspecified atom stereocenters. The first-order valence-electron chi connectivity index (χ1n) is 7.14. The highest BCUT2D eigenvalue weighted by molar-refractivity contribution is 9.10. The summed E-state index contributed by atoms with van der Waals surface area (Å²) in [7, 11) is 0. The van der Waals surface area contributed by atoms with Crippen LogP contribution in [0.1, 0.15) is 16.7 Å². The van der Waals surface area contributed by atoms with Gasteiger partial charge in [0.25, 0.3) is 5.91 Å². The Hall–Kier alpha value is -2.35. The third-order valence-electron chi connectivity index (χ3n) is 3.11. The van der Waals surface area contributed by atoms with Gasteiger partial charge in [0.1, 0.15) is 5.75 Å². The molecule has 2 aromatic rings. The Balaban J connectivity index is 1.93. The molecule has 0 aromatic heterocycles. The highest BCUT2D eigenvalue weighted by Gasteiger charge is 2.32. The number of rotatable bonds is 5. The predicted octanol–water partition coefficient (Wildman–Crippen LogP) is 4.31. The van der Waals surface area contributed by atoms with Crippen molar-refractivity contribution < 1.29 is 22.7 Å². The van der Waals surface area contributed by atoms with Gasteiger partial charge in [-0.3, -0.25) is 4.79 Å². The third kappa shape index (κ3) is 5.60. The Labute approximate surface area is 150 Å². The van der Waals surface area contributed by atoms with Gasteiger partial charge in [-0.1, -0.05) is 24.3 Å². The molecule has 1 N–H and O–H groups in total. The zero-order valence-electron chi connectivity index (χ0n) is 13.1. The molecule has 0 fully saturated rings. The lowest BCUT2D eigenvalue weighted by Gasteiger charge is -2.09. The van der Waals surface area contributed by atoms with Gasteiger partial charge in [-0.2, -0.15) is 18.3 Å². The second-order valence-corrected chi connectivity index (χ2v) is 5.96. The first kappa shape index (κ1) is 19.0. The number of carbonyl (C=O) groups is 1. The van der Waals surface area contributed by atoms with Crippen molar-refractivity contribution in [1.82, 2.24) is 5.43 Å². The molecular formula is C17H14BrF3N2O2. The van der Waals surface area contributed by atoms with E-state index in [1.54, 1.807) is 6.07 Å². The van der Waals surface area contributed by atoms with Crippen molar-refractivity contribution in [3.8, 4) is 5.75 Å². The number of hydrazone groups is 1. The molecule has 25 heavy (non-hydrogen) atoms. The fraction of sp³-hybridized carbons (Fsp3) is 0.176. The summed E-state index contributed by atoms with van der Waals surface area (Å²) in [5.41, 5.74) is 2.19. The number of aryl methyl sites for hydroxylation is 1. The van der Waals surface area contributed by atoms with Crippen LogP contribution in [-0.4, -0.2) is 18.7 Å². The number of hydrogen-bond donors (Lipinski definition) is 1. The third-order valence-corrected chi connectivity index (χ3v) is 3.72. The van der Waals surface area contributed by atoms with Crippen molar-refractivity contribution in [1.29, 1.82) is 0 Å². The van der Waals surface area contributed by atoms with Crippen molar-refractivity contribution in [3.63, 3.8) is 0 Å². The SMILES string of the molecule is Cc1ccc(OCC(=O)NN=Cc2ccccc2C(F)(F)F)c(Br)c1. The van der Waals surface area contributed by atoms with Crippen molar-refractivity contribution >= 4 is 28.1 Å². The van der Waals surface area contributed by atoms with Crippen molar-refractivity contribution in [3.05, 3.63) is 63.6 Å². The molecule has 0 aliphatic carbocycles. The Morgan fingerprint density at radius 1 is 1.28 bits per heavy atom. The normalized spacial score (nSPS) is 11.6. The second kappa shape index (κ2) is 8.15. The molecule has 1 amide bonds. The van der Waals surface area contributed by atoms with E-state index >= 15 is 0 Å². The molecule has 0 spiro atoms. The predicted molar refractivity (Wildman–Crippen MR) is 91.6 cm³/mol. The Kier molecular flexibility index (Phi) is 6.19. The van der Waals surface area contributed by atoms with E-state index in [0.717, 1.165) is 17.8 Å². The van der Waals surface area contributed by atoms with E-state index in [-0.39, 0.29) is 12.2 Å². The van der Waals surface area contributed by atoms with E-state index in [1.165, 1.54) is 18.2 Å². The van der Waals surface area contributed by atoms with E-state index < -0.39 is 17.6 Å². The summed E-state index contributed by atoms with van der Waals surface area (Å²) < 4.78 is 44.5. The number of amides is 1. The maximum atomic E-state index is 12.8. The zero-order valence-corrected chi connectivity index (χ0v) is 14.7. The van der Waals surface area contributed by atoms with Crippen molar-refractivity contribution in [2.75, 3.05) is 6.61 Å². The van der Waals surface area contributed by atoms with Gasteiger partial charge in [0.15, 0.2) is 6.61 Å². The van der Waals surface area contributed by atoms with E-state index in [4.69, 9.17) is 4.74 Å². The monoisotopic (exact) mass is 414 g/mol.